The highest BCUT2D eigenvalue weighted by molar-refractivity contribution is 6.69. The molecule has 3 aromatic rings. The lowest BCUT2D eigenvalue weighted by Crippen LogP contribution is -2.39. The van der Waals surface area contributed by atoms with Crippen molar-refractivity contribution in [3.05, 3.63) is 78.6 Å². The summed E-state index contributed by atoms with van der Waals surface area (Å²) in [4.78, 5) is 4.16. The highest BCUT2D eigenvalue weighted by Crippen LogP contribution is 2.42. The van der Waals surface area contributed by atoms with Crippen LogP contribution in [0.1, 0.15) is 11.7 Å². The van der Waals surface area contributed by atoms with Gasteiger partial charge in [0.2, 0.25) is 0 Å². The van der Waals surface area contributed by atoms with Crippen molar-refractivity contribution in [2.75, 3.05) is 0 Å². The molecule has 0 aliphatic rings. The number of halogens is 2. The fourth-order valence-corrected chi connectivity index (χ4v) is 3.78. The lowest BCUT2D eigenvalue weighted by atomic mass is 10.1. The van der Waals surface area contributed by atoms with Gasteiger partial charge in [-0.2, -0.15) is 8.78 Å². The zero-order valence-electron chi connectivity index (χ0n) is 15.1. The maximum absolute atomic E-state index is 15.6. The maximum atomic E-state index is 15.6. The first-order valence-corrected chi connectivity index (χ1v) is 11.9. The number of nitrogens with zero attached hydrogens (tertiary/aromatic N) is 2. The Kier molecular flexibility index (Phi) is 5.07. The normalized spacial score (nSPS) is 13.6. The molecule has 0 aliphatic carbocycles. The number of aromatic nitrogens is 2. The van der Waals surface area contributed by atoms with Crippen LogP contribution in [0.3, 0.4) is 0 Å². The highest BCUT2D eigenvalue weighted by Gasteiger charge is 2.46. The number of benzene rings is 2. The van der Waals surface area contributed by atoms with E-state index in [0.717, 1.165) is 4.57 Å². The quantitative estimate of drug-likeness (QED) is 0.520. The Labute approximate surface area is 153 Å². The van der Waals surface area contributed by atoms with Gasteiger partial charge in [-0.1, -0.05) is 60.7 Å². The van der Waals surface area contributed by atoms with Crippen LogP contribution in [0.25, 0.3) is 11.4 Å². The van der Waals surface area contributed by atoms with Gasteiger partial charge in [0, 0.05) is 18.0 Å². The number of imidazole rings is 1. The second kappa shape index (κ2) is 7.13. The zero-order chi connectivity index (χ0) is 18.8. The molecule has 0 fully saturated rings. The van der Waals surface area contributed by atoms with E-state index >= 15 is 8.78 Å². The molecular weight excluding hydrogens is 350 g/mol. The van der Waals surface area contributed by atoms with Crippen LogP contribution in [0.2, 0.25) is 19.6 Å². The van der Waals surface area contributed by atoms with E-state index in [2.05, 4.69) is 4.98 Å². The molecule has 6 heteroatoms. The molecule has 0 bridgehead atoms. The number of alkyl halides is 2. The van der Waals surface area contributed by atoms with Crippen molar-refractivity contribution in [2.24, 2.45) is 0 Å². The van der Waals surface area contributed by atoms with E-state index in [1.807, 2.05) is 25.7 Å². The van der Waals surface area contributed by atoms with Crippen molar-refractivity contribution < 1.29 is 13.2 Å². The molecular formula is C20H22F2N2OSi. The summed E-state index contributed by atoms with van der Waals surface area (Å²) in [7, 11) is -2.24. The zero-order valence-corrected chi connectivity index (χ0v) is 16.1. The van der Waals surface area contributed by atoms with Crippen LogP contribution in [0.5, 0.6) is 0 Å². The Bertz CT molecular complexity index is 845. The Morgan fingerprint density at radius 3 is 2.12 bits per heavy atom. The molecule has 2 aromatic carbocycles. The van der Waals surface area contributed by atoms with Crippen LogP contribution >= 0.6 is 0 Å². The molecule has 0 saturated carbocycles. The van der Waals surface area contributed by atoms with Gasteiger partial charge in [0.25, 0.3) is 0 Å². The fourth-order valence-electron chi connectivity index (χ4n) is 2.79. The van der Waals surface area contributed by atoms with Crippen LogP contribution in [0, 0.1) is 0 Å². The van der Waals surface area contributed by atoms with Crippen molar-refractivity contribution in [2.45, 2.75) is 31.8 Å². The topological polar surface area (TPSA) is 27.1 Å². The molecule has 0 unspecified atom stereocenters. The fraction of sp³-hybridized carbons (Fsp3) is 0.250. The van der Waals surface area contributed by atoms with Crippen LogP contribution in [-0.2, 0) is 10.5 Å². The minimum absolute atomic E-state index is 0.218. The summed E-state index contributed by atoms with van der Waals surface area (Å²) in [6.07, 6.45) is 1.32. The number of hydrogen-bond acceptors (Lipinski definition) is 2. The second-order valence-corrected chi connectivity index (χ2v) is 11.6. The lowest BCUT2D eigenvalue weighted by molar-refractivity contribution is -0.166. The molecule has 3 nitrogen and oxygen atoms in total. The maximum Gasteiger partial charge on any atom is 0.359 e. The summed E-state index contributed by atoms with van der Waals surface area (Å²) in [5.41, 5.74) is 1.09. The van der Waals surface area contributed by atoms with E-state index in [4.69, 9.17) is 4.43 Å². The SMILES string of the molecule is C[Si](C)(C)O[C@@H](c1ccccc1)C(F)(F)n1ccnc1-c1ccccc1. The molecule has 0 amide bonds. The standard InChI is InChI=1S/C20H22F2N2OSi/c1-26(2,3)25-18(16-10-6-4-7-11-16)20(21,22)24-15-14-23-19(24)17-12-8-5-9-13-17/h4-15,18H,1-3H3/t18-/m0/s1. The van der Waals surface area contributed by atoms with Gasteiger partial charge in [0.15, 0.2) is 14.4 Å². The first-order chi connectivity index (χ1) is 12.3. The summed E-state index contributed by atoms with van der Waals surface area (Å²) in [6.45, 7) is 5.72. The van der Waals surface area contributed by atoms with Crippen LogP contribution in [0.4, 0.5) is 8.78 Å². The molecule has 136 valence electrons. The van der Waals surface area contributed by atoms with E-state index < -0.39 is 20.5 Å². The van der Waals surface area contributed by atoms with Gasteiger partial charge in [0.1, 0.15) is 5.82 Å². The average Bonchev–Trinajstić information content (AvgIpc) is 3.11. The van der Waals surface area contributed by atoms with Gasteiger partial charge in [-0.05, 0) is 25.2 Å². The van der Waals surface area contributed by atoms with Gasteiger partial charge in [-0.15, -0.1) is 0 Å². The van der Waals surface area contributed by atoms with Crippen molar-refractivity contribution in [1.82, 2.24) is 9.55 Å². The molecule has 0 spiro atoms. The molecule has 0 aliphatic heterocycles. The van der Waals surface area contributed by atoms with E-state index in [-0.39, 0.29) is 5.82 Å². The summed E-state index contributed by atoms with van der Waals surface area (Å²) < 4.78 is 38.1. The summed E-state index contributed by atoms with van der Waals surface area (Å²) in [5.74, 6) is 0.218. The van der Waals surface area contributed by atoms with Gasteiger partial charge in [-0.3, -0.25) is 4.57 Å². The van der Waals surface area contributed by atoms with Crippen molar-refractivity contribution in [3.8, 4) is 11.4 Å². The molecule has 1 heterocycles. The Morgan fingerprint density at radius 2 is 1.54 bits per heavy atom. The average molecular weight is 372 g/mol. The third-order valence-corrected chi connectivity index (χ3v) is 4.83. The van der Waals surface area contributed by atoms with Gasteiger partial charge >= 0.3 is 6.05 Å². The molecule has 0 N–H and O–H groups in total. The second-order valence-electron chi connectivity index (χ2n) is 7.10. The molecule has 0 radical (unpaired) electrons. The molecule has 3 rings (SSSR count). The summed E-state index contributed by atoms with van der Waals surface area (Å²) in [6, 6.07) is 14.4. The molecule has 1 aromatic heterocycles. The van der Waals surface area contributed by atoms with Crippen molar-refractivity contribution >= 4 is 8.32 Å². The predicted molar refractivity (Wildman–Crippen MR) is 101 cm³/mol. The van der Waals surface area contributed by atoms with Crippen LogP contribution in [-0.4, -0.2) is 17.9 Å². The third-order valence-electron chi connectivity index (χ3n) is 3.88. The van der Waals surface area contributed by atoms with Gasteiger partial charge in [-0.25, -0.2) is 4.98 Å². The summed E-state index contributed by atoms with van der Waals surface area (Å²) in [5, 5.41) is 0. The van der Waals surface area contributed by atoms with Gasteiger partial charge in [0.05, 0.1) is 0 Å². The Morgan fingerprint density at radius 1 is 0.962 bits per heavy atom. The minimum atomic E-state index is -3.29. The van der Waals surface area contributed by atoms with Crippen molar-refractivity contribution in [3.63, 3.8) is 0 Å². The third kappa shape index (κ3) is 3.92. The summed E-state index contributed by atoms with van der Waals surface area (Å²) >= 11 is 0. The Hall–Kier alpha value is -2.31. The molecule has 26 heavy (non-hydrogen) atoms. The minimum Gasteiger partial charge on any atom is -0.403 e. The number of rotatable bonds is 6. The smallest absolute Gasteiger partial charge is 0.359 e. The lowest BCUT2D eigenvalue weighted by Gasteiger charge is -2.34. The number of hydrogen-bond donors (Lipinski definition) is 0. The Balaban J connectivity index is 2.08. The van der Waals surface area contributed by atoms with Crippen molar-refractivity contribution in [1.29, 1.82) is 0 Å². The van der Waals surface area contributed by atoms with E-state index in [1.54, 1.807) is 54.6 Å². The van der Waals surface area contributed by atoms with Crippen LogP contribution in [0.15, 0.2) is 73.1 Å². The molecule has 0 saturated heterocycles. The predicted octanol–water partition coefficient (Wildman–Crippen LogP) is 5.69. The molecule has 1 atom stereocenters. The first-order valence-electron chi connectivity index (χ1n) is 8.49. The first kappa shape index (κ1) is 18.5. The van der Waals surface area contributed by atoms with Gasteiger partial charge < -0.3 is 4.43 Å². The monoisotopic (exact) mass is 372 g/mol. The van der Waals surface area contributed by atoms with Crippen LogP contribution < -0.4 is 0 Å². The van der Waals surface area contributed by atoms with E-state index in [9.17, 15) is 0 Å². The van der Waals surface area contributed by atoms with E-state index in [1.165, 1.54) is 12.4 Å². The van der Waals surface area contributed by atoms with E-state index in [0.29, 0.717) is 11.1 Å². The highest BCUT2D eigenvalue weighted by atomic mass is 28.4. The largest absolute Gasteiger partial charge is 0.403 e.